The Morgan fingerprint density at radius 1 is 1.42 bits per heavy atom. The Kier molecular flexibility index (Phi) is 3.52. The first-order chi connectivity index (χ1) is 5.74. The Hall–Kier alpha value is -0.585. The zero-order valence-electron chi connectivity index (χ0n) is 6.64. The normalized spacial score (nSPS) is 9.92. The highest BCUT2D eigenvalue weighted by Gasteiger charge is 2.11. The molecule has 0 amide bonds. The van der Waals surface area contributed by atoms with Crippen LogP contribution < -0.4 is 5.46 Å². The summed E-state index contributed by atoms with van der Waals surface area (Å²) >= 11 is 1.51. The average molecular weight is 184 g/mol. The van der Waals surface area contributed by atoms with Crippen molar-refractivity contribution in [2.45, 2.75) is 12.1 Å². The van der Waals surface area contributed by atoms with E-state index in [4.69, 9.17) is 10.0 Å². The molecule has 1 aromatic rings. The number of hydrogen-bond acceptors (Lipinski definition) is 5. The van der Waals surface area contributed by atoms with Gasteiger partial charge in [-0.15, -0.1) is 0 Å². The minimum atomic E-state index is -1.48. The standard InChI is InChI=1S/C6H9BN2O2S/c1-2-12-6-8-3-5(4-9-6)7(10)11/h3-4,10-11H,2H2,1H3. The van der Waals surface area contributed by atoms with Crippen molar-refractivity contribution in [3.8, 4) is 0 Å². The van der Waals surface area contributed by atoms with Gasteiger partial charge in [-0.25, -0.2) is 9.97 Å². The van der Waals surface area contributed by atoms with Crippen molar-refractivity contribution in [2.75, 3.05) is 5.75 Å². The van der Waals surface area contributed by atoms with Crippen LogP contribution in [0.1, 0.15) is 6.92 Å². The molecule has 0 saturated heterocycles. The highest BCUT2D eigenvalue weighted by molar-refractivity contribution is 7.99. The molecule has 0 saturated carbocycles. The Balaban J connectivity index is 2.71. The van der Waals surface area contributed by atoms with Gasteiger partial charge in [0.1, 0.15) is 0 Å². The molecule has 1 heterocycles. The van der Waals surface area contributed by atoms with Gasteiger partial charge in [-0.2, -0.15) is 0 Å². The number of nitrogens with zero attached hydrogens (tertiary/aromatic N) is 2. The van der Waals surface area contributed by atoms with E-state index < -0.39 is 7.12 Å². The molecule has 0 fully saturated rings. The molecule has 0 aliphatic rings. The molecule has 0 atom stereocenters. The van der Waals surface area contributed by atoms with Crippen LogP contribution >= 0.6 is 11.8 Å². The highest BCUT2D eigenvalue weighted by atomic mass is 32.2. The predicted molar refractivity (Wildman–Crippen MR) is 48.3 cm³/mol. The molecule has 1 rings (SSSR count). The monoisotopic (exact) mass is 184 g/mol. The molecule has 6 heteroatoms. The lowest BCUT2D eigenvalue weighted by Gasteiger charge is -1.98. The SMILES string of the molecule is CCSc1ncc(B(O)O)cn1. The molecule has 1 aromatic heterocycles. The quantitative estimate of drug-likeness (QED) is 0.368. The summed E-state index contributed by atoms with van der Waals surface area (Å²) in [5, 5.41) is 18.1. The van der Waals surface area contributed by atoms with Crippen LogP contribution in [0.3, 0.4) is 0 Å². The van der Waals surface area contributed by atoms with Gasteiger partial charge in [0, 0.05) is 17.9 Å². The van der Waals surface area contributed by atoms with Crippen molar-refractivity contribution in [1.29, 1.82) is 0 Å². The summed E-state index contributed by atoms with van der Waals surface area (Å²) in [6.45, 7) is 2.00. The summed E-state index contributed by atoms with van der Waals surface area (Å²) in [5.41, 5.74) is 0.315. The van der Waals surface area contributed by atoms with Gasteiger partial charge in [-0.1, -0.05) is 18.7 Å². The second-order valence-electron chi connectivity index (χ2n) is 2.11. The topological polar surface area (TPSA) is 66.2 Å². The van der Waals surface area contributed by atoms with Crippen LogP contribution in [0.4, 0.5) is 0 Å². The van der Waals surface area contributed by atoms with Gasteiger partial charge in [0.05, 0.1) is 0 Å². The minimum Gasteiger partial charge on any atom is -0.423 e. The van der Waals surface area contributed by atoms with Crippen LogP contribution in [0.25, 0.3) is 0 Å². The van der Waals surface area contributed by atoms with Crippen LogP contribution in [-0.4, -0.2) is 32.9 Å². The lowest BCUT2D eigenvalue weighted by Crippen LogP contribution is -2.30. The summed E-state index contributed by atoms with van der Waals surface area (Å²) < 4.78 is 0. The van der Waals surface area contributed by atoms with Gasteiger partial charge in [0.2, 0.25) is 0 Å². The van der Waals surface area contributed by atoms with Crippen LogP contribution in [0.15, 0.2) is 17.6 Å². The van der Waals surface area contributed by atoms with Crippen LogP contribution in [0, 0.1) is 0 Å². The minimum absolute atomic E-state index is 0.315. The number of thioether (sulfide) groups is 1. The van der Waals surface area contributed by atoms with Gasteiger partial charge < -0.3 is 10.0 Å². The first-order valence-electron chi connectivity index (χ1n) is 3.55. The van der Waals surface area contributed by atoms with Gasteiger partial charge in [-0.3, -0.25) is 0 Å². The van der Waals surface area contributed by atoms with Crippen molar-refractivity contribution >= 4 is 24.3 Å². The Labute approximate surface area is 75.2 Å². The predicted octanol–water partition coefficient (Wildman–Crippen LogP) is -0.732. The Bertz CT molecular complexity index is 242. The fourth-order valence-electron chi connectivity index (χ4n) is 0.663. The van der Waals surface area contributed by atoms with E-state index in [1.807, 2.05) is 6.92 Å². The molecule has 0 aliphatic carbocycles. The third-order valence-corrected chi connectivity index (χ3v) is 1.98. The lowest BCUT2D eigenvalue weighted by atomic mass is 9.83. The van der Waals surface area contributed by atoms with E-state index in [1.165, 1.54) is 24.2 Å². The molecule has 0 aromatic carbocycles. The van der Waals surface area contributed by atoms with Crippen molar-refractivity contribution in [3.05, 3.63) is 12.4 Å². The van der Waals surface area contributed by atoms with E-state index >= 15 is 0 Å². The molecule has 12 heavy (non-hydrogen) atoms. The van der Waals surface area contributed by atoms with E-state index in [1.54, 1.807) is 0 Å². The second kappa shape index (κ2) is 4.44. The molecule has 0 radical (unpaired) electrons. The fourth-order valence-corrected chi connectivity index (χ4v) is 1.18. The second-order valence-corrected chi connectivity index (χ2v) is 3.34. The van der Waals surface area contributed by atoms with E-state index in [0.717, 1.165) is 5.75 Å². The first kappa shape index (κ1) is 9.50. The van der Waals surface area contributed by atoms with E-state index in [0.29, 0.717) is 10.6 Å². The molecule has 0 bridgehead atoms. The summed E-state index contributed by atoms with van der Waals surface area (Å²) in [5.74, 6) is 0.904. The third-order valence-electron chi connectivity index (χ3n) is 1.22. The van der Waals surface area contributed by atoms with Crippen LogP contribution in [0.2, 0.25) is 0 Å². The number of hydrogen-bond donors (Lipinski definition) is 2. The van der Waals surface area contributed by atoms with Crippen molar-refractivity contribution in [2.24, 2.45) is 0 Å². The first-order valence-corrected chi connectivity index (χ1v) is 4.53. The molecule has 0 aliphatic heterocycles. The zero-order valence-corrected chi connectivity index (χ0v) is 7.45. The Morgan fingerprint density at radius 2 is 2.00 bits per heavy atom. The van der Waals surface area contributed by atoms with Crippen molar-refractivity contribution < 1.29 is 10.0 Å². The third kappa shape index (κ3) is 2.47. The molecule has 0 spiro atoms. The maximum Gasteiger partial charge on any atom is 0.491 e. The fraction of sp³-hybridized carbons (Fsp3) is 0.333. The van der Waals surface area contributed by atoms with E-state index in [2.05, 4.69) is 9.97 Å². The summed E-state index contributed by atoms with van der Waals surface area (Å²) in [7, 11) is -1.48. The summed E-state index contributed by atoms with van der Waals surface area (Å²) in [6, 6.07) is 0. The van der Waals surface area contributed by atoms with E-state index in [-0.39, 0.29) is 0 Å². The largest absolute Gasteiger partial charge is 0.491 e. The van der Waals surface area contributed by atoms with Gasteiger partial charge >= 0.3 is 7.12 Å². The smallest absolute Gasteiger partial charge is 0.423 e. The van der Waals surface area contributed by atoms with Gasteiger partial charge in [0.15, 0.2) is 5.16 Å². The van der Waals surface area contributed by atoms with Crippen molar-refractivity contribution in [1.82, 2.24) is 9.97 Å². The Morgan fingerprint density at radius 3 is 2.42 bits per heavy atom. The van der Waals surface area contributed by atoms with Crippen LogP contribution in [0.5, 0.6) is 0 Å². The molecule has 4 nitrogen and oxygen atoms in total. The molecule has 64 valence electrons. The van der Waals surface area contributed by atoms with Crippen LogP contribution in [-0.2, 0) is 0 Å². The lowest BCUT2D eigenvalue weighted by molar-refractivity contribution is 0.425. The van der Waals surface area contributed by atoms with E-state index in [9.17, 15) is 0 Å². The molecule has 2 N–H and O–H groups in total. The van der Waals surface area contributed by atoms with Gasteiger partial charge in [-0.05, 0) is 5.75 Å². The zero-order chi connectivity index (χ0) is 8.97. The average Bonchev–Trinajstić information content (AvgIpc) is 2.06. The maximum atomic E-state index is 8.71. The number of aromatic nitrogens is 2. The summed E-state index contributed by atoms with van der Waals surface area (Å²) in [6.07, 6.45) is 2.82. The van der Waals surface area contributed by atoms with Gasteiger partial charge in [0.25, 0.3) is 0 Å². The summed E-state index contributed by atoms with van der Waals surface area (Å²) in [4.78, 5) is 7.84. The molecule has 0 unspecified atom stereocenters. The van der Waals surface area contributed by atoms with Crippen molar-refractivity contribution in [3.63, 3.8) is 0 Å². The molecular formula is C6H9BN2O2S. The number of rotatable bonds is 3. The molecular weight excluding hydrogens is 175 g/mol. The maximum absolute atomic E-state index is 8.71. The highest BCUT2D eigenvalue weighted by Crippen LogP contribution is 2.08.